The molecule has 0 aromatic heterocycles. The summed E-state index contributed by atoms with van der Waals surface area (Å²) in [5, 5.41) is 9.99. The normalized spacial score (nSPS) is 30.2. The Morgan fingerprint density at radius 1 is 1.40 bits per heavy atom. The number of hydrogen-bond donors (Lipinski definition) is 1. The summed E-state index contributed by atoms with van der Waals surface area (Å²) in [5.41, 5.74) is -0.124. The van der Waals surface area contributed by atoms with E-state index in [0.717, 1.165) is 25.2 Å². The van der Waals surface area contributed by atoms with E-state index in [4.69, 9.17) is 4.74 Å². The minimum atomic E-state index is -0.613. The van der Waals surface area contributed by atoms with Gasteiger partial charge in [-0.05, 0) is 25.2 Å². The Bertz CT molecular complexity index is 189. The molecule has 90 valence electrons. The van der Waals surface area contributed by atoms with Gasteiger partial charge in [-0.2, -0.15) is 0 Å². The Labute approximate surface area is 94.0 Å². The average Bonchev–Trinajstić information content (AvgIpc) is 2.17. The number of aliphatic hydroxyl groups is 1. The molecule has 2 nitrogen and oxygen atoms in total. The Kier molecular flexibility index (Phi) is 4.60. The third-order valence-corrected chi connectivity index (χ3v) is 3.79. The molecule has 1 saturated carbocycles. The van der Waals surface area contributed by atoms with Gasteiger partial charge in [0.25, 0.3) is 0 Å². The van der Waals surface area contributed by atoms with Gasteiger partial charge >= 0.3 is 0 Å². The first-order chi connectivity index (χ1) is 6.95. The first-order valence-electron chi connectivity index (χ1n) is 6.29. The van der Waals surface area contributed by atoms with E-state index in [1.165, 1.54) is 12.8 Å². The van der Waals surface area contributed by atoms with Gasteiger partial charge in [0.2, 0.25) is 0 Å². The van der Waals surface area contributed by atoms with Crippen LogP contribution >= 0.6 is 0 Å². The summed E-state index contributed by atoms with van der Waals surface area (Å²) in [6, 6.07) is 0. The summed E-state index contributed by atoms with van der Waals surface area (Å²) < 4.78 is 5.77. The van der Waals surface area contributed by atoms with Gasteiger partial charge in [-0.15, -0.1) is 0 Å². The van der Waals surface area contributed by atoms with E-state index in [0.29, 0.717) is 0 Å². The maximum atomic E-state index is 9.99. The van der Waals surface area contributed by atoms with E-state index in [1.807, 2.05) is 0 Å². The van der Waals surface area contributed by atoms with E-state index < -0.39 is 6.29 Å². The van der Waals surface area contributed by atoms with E-state index in [-0.39, 0.29) is 11.5 Å². The molecule has 1 aliphatic rings. The highest BCUT2D eigenvalue weighted by molar-refractivity contribution is 4.75. The van der Waals surface area contributed by atoms with Crippen LogP contribution < -0.4 is 0 Å². The maximum Gasteiger partial charge on any atom is 0.159 e. The van der Waals surface area contributed by atoms with Crippen LogP contribution in [0.5, 0.6) is 0 Å². The van der Waals surface area contributed by atoms with Crippen LogP contribution in [-0.2, 0) is 4.74 Å². The zero-order valence-electron chi connectivity index (χ0n) is 10.6. The number of ether oxygens (including phenoxy) is 1. The summed E-state index contributed by atoms with van der Waals surface area (Å²) >= 11 is 0. The molecule has 0 spiro atoms. The first-order valence-corrected chi connectivity index (χ1v) is 6.29. The van der Waals surface area contributed by atoms with Crippen LogP contribution in [0.2, 0.25) is 0 Å². The summed E-state index contributed by atoms with van der Waals surface area (Å²) in [6.45, 7) is 8.48. The van der Waals surface area contributed by atoms with E-state index in [2.05, 4.69) is 27.7 Å². The number of aliphatic hydroxyl groups excluding tert-OH is 1. The van der Waals surface area contributed by atoms with Crippen molar-refractivity contribution >= 4 is 0 Å². The van der Waals surface area contributed by atoms with Crippen molar-refractivity contribution in [2.75, 3.05) is 0 Å². The molecule has 2 heteroatoms. The zero-order chi connectivity index (χ0) is 11.5. The average molecular weight is 214 g/mol. The number of hydrogen-bond acceptors (Lipinski definition) is 2. The van der Waals surface area contributed by atoms with Crippen molar-refractivity contribution in [2.24, 2.45) is 11.3 Å². The molecule has 0 bridgehead atoms. The van der Waals surface area contributed by atoms with Crippen LogP contribution in [0.3, 0.4) is 0 Å². The molecule has 0 amide bonds. The molecule has 15 heavy (non-hydrogen) atoms. The molecule has 0 aromatic carbocycles. The number of rotatable bonds is 4. The van der Waals surface area contributed by atoms with Gasteiger partial charge in [-0.25, -0.2) is 0 Å². The summed E-state index contributed by atoms with van der Waals surface area (Å²) in [4.78, 5) is 0. The van der Waals surface area contributed by atoms with Crippen LogP contribution in [0.15, 0.2) is 0 Å². The second kappa shape index (κ2) is 5.31. The minimum Gasteiger partial charge on any atom is -0.367 e. The Balaban J connectivity index is 2.40. The quantitative estimate of drug-likeness (QED) is 0.727. The van der Waals surface area contributed by atoms with E-state index in [9.17, 15) is 5.11 Å². The molecular weight excluding hydrogens is 188 g/mol. The van der Waals surface area contributed by atoms with Crippen LogP contribution in [-0.4, -0.2) is 17.5 Å². The molecular formula is C13H26O2. The second-order valence-corrected chi connectivity index (χ2v) is 5.72. The van der Waals surface area contributed by atoms with Crippen molar-refractivity contribution in [1.82, 2.24) is 0 Å². The van der Waals surface area contributed by atoms with Gasteiger partial charge in [0.05, 0.1) is 6.10 Å². The van der Waals surface area contributed by atoms with E-state index in [1.54, 1.807) is 0 Å². The predicted octanol–water partition coefficient (Wildman–Crippen LogP) is 3.34. The summed E-state index contributed by atoms with van der Waals surface area (Å²) in [7, 11) is 0. The Hall–Kier alpha value is -0.0800. The molecule has 1 N–H and O–H groups in total. The highest BCUT2D eigenvalue weighted by Crippen LogP contribution is 2.31. The first kappa shape index (κ1) is 13.0. The standard InChI is InChI=1S/C13H26O2/c1-5-13(3,4)12(14)15-11-8-6-7-10(2)9-11/h10-12,14H,5-9H2,1-4H3. The molecule has 1 fully saturated rings. The second-order valence-electron chi connectivity index (χ2n) is 5.72. The van der Waals surface area contributed by atoms with Crippen molar-refractivity contribution in [3.63, 3.8) is 0 Å². The lowest BCUT2D eigenvalue weighted by Crippen LogP contribution is -2.36. The smallest absolute Gasteiger partial charge is 0.159 e. The Morgan fingerprint density at radius 2 is 2.07 bits per heavy atom. The van der Waals surface area contributed by atoms with Gasteiger partial charge in [-0.3, -0.25) is 0 Å². The van der Waals surface area contributed by atoms with Crippen molar-refractivity contribution in [1.29, 1.82) is 0 Å². The lowest BCUT2D eigenvalue weighted by molar-refractivity contribution is -0.200. The van der Waals surface area contributed by atoms with Crippen LogP contribution in [0, 0.1) is 11.3 Å². The lowest BCUT2D eigenvalue weighted by Gasteiger charge is -2.35. The molecule has 1 aliphatic carbocycles. The van der Waals surface area contributed by atoms with Crippen molar-refractivity contribution in [3.05, 3.63) is 0 Å². The fourth-order valence-electron chi connectivity index (χ4n) is 2.04. The molecule has 1 rings (SSSR count). The SMILES string of the molecule is CCC(C)(C)C(O)OC1CCCC(C)C1. The predicted molar refractivity (Wildman–Crippen MR) is 62.6 cm³/mol. The van der Waals surface area contributed by atoms with E-state index >= 15 is 0 Å². The molecule has 0 radical (unpaired) electrons. The fraction of sp³-hybridized carbons (Fsp3) is 1.00. The highest BCUT2D eigenvalue weighted by atomic mass is 16.6. The van der Waals surface area contributed by atoms with Gasteiger partial charge in [0.15, 0.2) is 6.29 Å². The van der Waals surface area contributed by atoms with Gasteiger partial charge in [-0.1, -0.05) is 40.5 Å². The zero-order valence-corrected chi connectivity index (χ0v) is 10.6. The van der Waals surface area contributed by atoms with Crippen molar-refractivity contribution in [3.8, 4) is 0 Å². The minimum absolute atomic E-state index is 0.124. The van der Waals surface area contributed by atoms with Crippen LogP contribution in [0.1, 0.15) is 59.8 Å². The molecule has 0 aliphatic heterocycles. The highest BCUT2D eigenvalue weighted by Gasteiger charge is 2.30. The molecule has 0 heterocycles. The topological polar surface area (TPSA) is 29.5 Å². The monoisotopic (exact) mass is 214 g/mol. The lowest BCUT2D eigenvalue weighted by atomic mass is 9.87. The maximum absolute atomic E-state index is 9.99. The molecule has 3 unspecified atom stereocenters. The largest absolute Gasteiger partial charge is 0.367 e. The van der Waals surface area contributed by atoms with Crippen molar-refractivity contribution in [2.45, 2.75) is 72.2 Å². The van der Waals surface area contributed by atoms with Crippen LogP contribution in [0.25, 0.3) is 0 Å². The molecule has 3 atom stereocenters. The third-order valence-electron chi connectivity index (χ3n) is 3.79. The van der Waals surface area contributed by atoms with Gasteiger partial charge in [0.1, 0.15) is 0 Å². The van der Waals surface area contributed by atoms with Gasteiger partial charge < -0.3 is 9.84 Å². The third kappa shape index (κ3) is 3.76. The summed E-state index contributed by atoms with van der Waals surface area (Å²) in [5.74, 6) is 0.751. The summed E-state index contributed by atoms with van der Waals surface area (Å²) in [6.07, 6.45) is 5.37. The van der Waals surface area contributed by atoms with Crippen LogP contribution in [0.4, 0.5) is 0 Å². The molecule has 0 saturated heterocycles. The van der Waals surface area contributed by atoms with Crippen molar-refractivity contribution < 1.29 is 9.84 Å². The fourth-order valence-corrected chi connectivity index (χ4v) is 2.04. The Morgan fingerprint density at radius 3 is 2.60 bits per heavy atom. The molecule has 0 aromatic rings. The van der Waals surface area contributed by atoms with Gasteiger partial charge in [0, 0.05) is 5.41 Å².